The maximum Gasteiger partial charge on any atom is 0.178 e. The van der Waals surface area contributed by atoms with Crippen LogP contribution in [0.15, 0.2) is 23.1 Å². The Labute approximate surface area is 93.3 Å². The Morgan fingerprint density at radius 2 is 2.25 bits per heavy atom. The normalized spacial score (nSPS) is 22.8. The lowest BCUT2D eigenvalue weighted by Crippen LogP contribution is -2.29. The van der Waals surface area contributed by atoms with E-state index in [-0.39, 0.29) is 16.7 Å². The Hall–Kier alpha value is -0.980. The van der Waals surface area contributed by atoms with Crippen molar-refractivity contribution in [1.82, 2.24) is 5.48 Å². The molecule has 0 fully saturated rings. The highest BCUT2D eigenvalue weighted by atomic mass is 32.2. The summed E-state index contributed by atoms with van der Waals surface area (Å²) in [6.45, 7) is 0. The summed E-state index contributed by atoms with van der Waals surface area (Å²) in [6.07, 6.45) is 0.382. The molecule has 16 heavy (non-hydrogen) atoms. The van der Waals surface area contributed by atoms with Gasteiger partial charge in [0.05, 0.1) is 23.8 Å². The number of sulfone groups is 1. The number of rotatable bonds is 2. The molecule has 0 saturated heterocycles. The molecule has 0 aromatic heterocycles. The number of fused-ring (bicyclic) bond motifs is 1. The van der Waals surface area contributed by atoms with Gasteiger partial charge in [-0.2, -0.15) is 5.48 Å². The monoisotopic (exact) mass is 245 g/mol. The molecule has 1 N–H and O–H groups in total. The minimum atomic E-state index is -3.27. The van der Waals surface area contributed by atoms with Crippen molar-refractivity contribution >= 4 is 9.84 Å². The molecule has 1 heterocycles. The molecule has 1 aliphatic heterocycles. The van der Waals surface area contributed by atoms with Crippen molar-refractivity contribution in [2.75, 3.05) is 12.9 Å². The molecule has 0 amide bonds. The molecule has 88 valence electrons. The highest BCUT2D eigenvalue weighted by molar-refractivity contribution is 7.91. The molecule has 0 saturated carbocycles. The van der Waals surface area contributed by atoms with Crippen LogP contribution in [0.1, 0.15) is 18.0 Å². The van der Waals surface area contributed by atoms with Crippen molar-refractivity contribution < 1.29 is 17.6 Å². The van der Waals surface area contributed by atoms with Crippen LogP contribution in [-0.2, 0) is 14.7 Å². The van der Waals surface area contributed by atoms with Gasteiger partial charge in [0.2, 0.25) is 0 Å². The number of nitrogens with one attached hydrogen (secondary N) is 1. The third kappa shape index (κ3) is 1.95. The highest BCUT2D eigenvalue weighted by Crippen LogP contribution is 2.32. The minimum absolute atomic E-state index is 0.0483. The van der Waals surface area contributed by atoms with Crippen LogP contribution in [-0.4, -0.2) is 21.3 Å². The Morgan fingerprint density at radius 1 is 1.50 bits per heavy atom. The van der Waals surface area contributed by atoms with Gasteiger partial charge in [-0.15, -0.1) is 0 Å². The molecule has 0 radical (unpaired) electrons. The van der Waals surface area contributed by atoms with E-state index in [1.165, 1.54) is 19.2 Å². The molecule has 0 bridgehead atoms. The van der Waals surface area contributed by atoms with E-state index < -0.39 is 15.7 Å². The molecule has 1 aromatic rings. The second-order valence-electron chi connectivity index (χ2n) is 3.66. The van der Waals surface area contributed by atoms with Crippen molar-refractivity contribution in [2.45, 2.75) is 17.4 Å². The second kappa shape index (κ2) is 4.12. The zero-order valence-electron chi connectivity index (χ0n) is 8.73. The Balaban J connectivity index is 2.54. The molecular formula is C10H12FNO3S. The zero-order chi connectivity index (χ0) is 11.8. The maximum atomic E-state index is 13.1. The van der Waals surface area contributed by atoms with Gasteiger partial charge in [0.15, 0.2) is 9.84 Å². The summed E-state index contributed by atoms with van der Waals surface area (Å²) in [5.41, 5.74) is 3.11. The highest BCUT2D eigenvalue weighted by Gasteiger charge is 2.30. The summed E-state index contributed by atoms with van der Waals surface area (Å²) < 4.78 is 36.6. The Morgan fingerprint density at radius 3 is 2.94 bits per heavy atom. The van der Waals surface area contributed by atoms with Crippen LogP contribution in [0.5, 0.6) is 0 Å². The van der Waals surface area contributed by atoms with Gasteiger partial charge in [-0.1, -0.05) is 0 Å². The molecule has 1 aliphatic rings. The fraction of sp³-hybridized carbons (Fsp3) is 0.400. The smallest absolute Gasteiger partial charge is 0.178 e. The van der Waals surface area contributed by atoms with Crippen molar-refractivity contribution in [2.24, 2.45) is 0 Å². The fourth-order valence-electron chi connectivity index (χ4n) is 1.88. The van der Waals surface area contributed by atoms with E-state index in [2.05, 4.69) is 5.48 Å². The van der Waals surface area contributed by atoms with Gasteiger partial charge in [-0.05, 0) is 30.2 Å². The van der Waals surface area contributed by atoms with Gasteiger partial charge in [-0.25, -0.2) is 12.8 Å². The zero-order valence-corrected chi connectivity index (χ0v) is 9.55. The van der Waals surface area contributed by atoms with Crippen LogP contribution in [0.4, 0.5) is 4.39 Å². The maximum absolute atomic E-state index is 13.1. The average molecular weight is 245 g/mol. The third-order valence-electron chi connectivity index (χ3n) is 2.62. The van der Waals surface area contributed by atoms with E-state index in [9.17, 15) is 12.8 Å². The number of benzene rings is 1. The van der Waals surface area contributed by atoms with Gasteiger partial charge in [0.1, 0.15) is 5.82 Å². The topological polar surface area (TPSA) is 55.4 Å². The van der Waals surface area contributed by atoms with Gasteiger partial charge in [0, 0.05) is 0 Å². The molecule has 4 nitrogen and oxygen atoms in total. The predicted octanol–water partition coefficient (Wildman–Crippen LogP) is 1.20. The van der Waals surface area contributed by atoms with Crippen molar-refractivity contribution in [3.63, 3.8) is 0 Å². The Kier molecular flexibility index (Phi) is 2.96. The summed E-state index contributed by atoms with van der Waals surface area (Å²) in [5, 5.41) is 0. The van der Waals surface area contributed by atoms with Crippen LogP contribution < -0.4 is 5.48 Å². The van der Waals surface area contributed by atoms with E-state index in [1.54, 1.807) is 0 Å². The van der Waals surface area contributed by atoms with Crippen LogP contribution in [0, 0.1) is 5.82 Å². The van der Waals surface area contributed by atoms with Crippen molar-refractivity contribution in [3.8, 4) is 0 Å². The predicted molar refractivity (Wildman–Crippen MR) is 56.0 cm³/mol. The first-order chi connectivity index (χ1) is 7.54. The van der Waals surface area contributed by atoms with Crippen LogP contribution in [0.25, 0.3) is 0 Å². The summed E-state index contributed by atoms with van der Waals surface area (Å²) in [5.74, 6) is -0.397. The van der Waals surface area contributed by atoms with E-state index in [1.807, 2.05) is 0 Å². The van der Waals surface area contributed by atoms with Gasteiger partial charge >= 0.3 is 0 Å². The van der Waals surface area contributed by atoms with Crippen molar-refractivity contribution in [1.29, 1.82) is 0 Å². The molecule has 6 heteroatoms. The molecule has 0 spiro atoms. The van der Waals surface area contributed by atoms with Crippen LogP contribution in [0.2, 0.25) is 0 Å². The molecule has 2 rings (SSSR count). The first-order valence-electron chi connectivity index (χ1n) is 4.85. The summed E-state index contributed by atoms with van der Waals surface area (Å²) in [6, 6.07) is 3.43. The minimum Gasteiger partial charge on any atom is -0.305 e. The lowest BCUT2D eigenvalue weighted by molar-refractivity contribution is 0.0579. The molecule has 0 aliphatic carbocycles. The number of halogens is 1. The number of hydroxylamine groups is 1. The quantitative estimate of drug-likeness (QED) is 0.628. The largest absolute Gasteiger partial charge is 0.305 e. The van der Waals surface area contributed by atoms with Gasteiger partial charge in [0.25, 0.3) is 0 Å². The number of hydrogen-bond donors (Lipinski definition) is 1. The molecule has 1 unspecified atom stereocenters. The summed E-state index contributed by atoms with van der Waals surface area (Å²) >= 11 is 0. The van der Waals surface area contributed by atoms with Crippen LogP contribution in [0.3, 0.4) is 0 Å². The standard InChI is InChI=1S/C10H12FNO3S/c1-15-12-9-4-5-16(13,14)10-3-2-7(11)6-8(9)10/h2-3,6,9,12H,4-5H2,1H3. The summed E-state index contributed by atoms with van der Waals surface area (Å²) in [7, 11) is -1.83. The lowest BCUT2D eigenvalue weighted by Gasteiger charge is -2.25. The summed E-state index contributed by atoms with van der Waals surface area (Å²) in [4.78, 5) is 4.97. The fourth-order valence-corrected chi connectivity index (χ4v) is 3.48. The number of hydrogen-bond acceptors (Lipinski definition) is 4. The van der Waals surface area contributed by atoms with E-state index in [0.717, 1.165) is 6.07 Å². The third-order valence-corrected chi connectivity index (χ3v) is 4.43. The second-order valence-corrected chi connectivity index (χ2v) is 5.74. The Bertz CT molecular complexity index is 501. The van der Waals surface area contributed by atoms with Gasteiger partial charge < -0.3 is 4.84 Å². The van der Waals surface area contributed by atoms with Crippen molar-refractivity contribution in [3.05, 3.63) is 29.6 Å². The van der Waals surface area contributed by atoms with Crippen LogP contribution >= 0.6 is 0 Å². The lowest BCUT2D eigenvalue weighted by atomic mass is 10.0. The van der Waals surface area contributed by atoms with E-state index >= 15 is 0 Å². The van der Waals surface area contributed by atoms with E-state index in [4.69, 9.17) is 4.84 Å². The van der Waals surface area contributed by atoms with Gasteiger partial charge in [-0.3, -0.25) is 0 Å². The SMILES string of the molecule is CONC1CCS(=O)(=O)c2ccc(F)cc21. The average Bonchev–Trinajstić information content (AvgIpc) is 2.22. The molecular weight excluding hydrogens is 233 g/mol. The van der Waals surface area contributed by atoms with E-state index in [0.29, 0.717) is 12.0 Å². The first kappa shape index (κ1) is 11.5. The first-order valence-corrected chi connectivity index (χ1v) is 6.50. The molecule has 1 aromatic carbocycles. The molecule has 1 atom stereocenters.